The standard InChI is InChI=1S/C13H18NO2P/c1-8-5-6-12(7-9(8)2)14-11(4)10(3)13(15)16-17/h5-7,14H,17H2,1-4H3/b11-10-. The van der Waals surface area contributed by atoms with Gasteiger partial charge in [0, 0.05) is 11.4 Å². The maximum atomic E-state index is 11.3. The number of allylic oxidation sites excluding steroid dienone is 1. The molecule has 17 heavy (non-hydrogen) atoms. The van der Waals surface area contributed by atoms with Crippen LogP contribution in [0, 0.1) is 13.8 Å². The number of nitrogens with one attached hydrogen (secondary N) is 1. The SMILES string of the molecule is C/C(Nc1ccc(C)c(C)c1)=C(\C)C(=O)OP. The molecule has 92 valence electrons. The lowest BCUT2D eigenvalue weighted by Gasteiger charge is -2.11. The first kappa shape index (κ1) is 13.7. The van der Waals surface area contributed by atoms with Gasteiger partial charge in [-0.2, -0.15) is 0 Å². The van der Waals surface area contributed by atoms with Crippen LogP contribution in [0.1, 0.15) is 25.0 Å². The zero-order chi connectivity index (χ0) is 13.0. The Balaban J connectivity index is 2.91. The second-order valence-corrected chi connectivity index (χ2v) is 4.32. The number of hydrogen-bond acceptors (Lipinski definition) is 3. The van der Waals surface area contributed by atoms with E-state index in [0.29, 0.717) is 5.57 Å². The number of carbonyl (C=O) groups excluding carboxylic acids is 1. The highest BCUT2D eigenvalue weighted by molar-refractivity contribution is 7.10. The highest BCUT2D eigenvalue weighted by Gasteiger charge is 2.07. The van der Waals surface area contributed by atoms with Gasteiger partial charge in [0.1, 0.15) is 0 Å². The van der Waals surface area contributed by atoms with Crippen LogP contribution in [-0.4, -0.2) is 5.97 Å². The smallest absolute Gasteiger partial charge is 0.337 e. The zero-order valence-electron chi connectivity index (χ0n) is 10.6. The highest BCUT2D eigenvalue weighted by atomic mass is 31.0. The van der Waals surface area contributed by atoms with Crippen molar-refractivity contribution >= 4 is 21.1 Å². The molecule has 4 heteroatoms. The van der Waals surface area contributed by atoms with E-state index in [9.17, 15) is 4.79 Å². The van der Waals surface area contributed by atoms with Gasteiger partial charge in [-0.05, 0) is 51.0 Å². The summed E-state index contributed by atoms with van der Waals surface area (Å²) in [5.74, 6) is -0.344. The molecule has 1 N–H and O–H groups in total. The van der Waals surface area contributed by atoms with Crippen LogP contribution in [0.4, 0.5) is 5.69 Å². The molecule has 0 saturated heterocycles. The number of benzene rings is 1. The molecule has 0 fully saturated rings. The average molecular weight is 251 g/mol. The Labute approximate surface area is 105 Å². The van der Waals surface area contributed by atoms with Gasteiger partial charge in [0.15, 0.2) is 0 Å². The van der Waals surface area contributed by atoms with Crippen LogP contribution in [0.5, 0.6) is 0 Å². The van der Waals surface area contributed by atoms with Gasteiger partial charge in [-0.3, -0.25) is 0 Å². The summed E-state index contributed by atoms with van der Waals surface area (Å²) in [5.41, 5.74) is 4.80. The summed E-state index contributed by atoms with van der Waals surface area (Å²) < 4.78 is 4.59. The third-order valence-corrected chi connectivity index (χ3v) is 3.03. The molecule has 0 radical (unpaired) electrons. The molecule has 0 amide bonds. The van der Waals surface area contributed by atoms with Gasteiger partial charge < -0.3 is 9.84 Å². The third kappa shape index (κ3) is 3.57. The van der Waals surface area contributed by atoms with Crippen LogP contribution in [0.15, 0.2) is 29.5 Å². The Kier molecular flexibility index (Phi) is 4.71. The molecule has 0 heterocycles. The first-order valence-electron chi connectivity index (χ1n) is 5.38. The number of rotatable bonds is 3. The molecular formula is C13H18NO2P. The van der Waals surface area contributed by atoms with Crippen LogP contribution in [0.3, 0.4) is 0 Å². The normalized spacial score (nSPS) is 11.8. The number of anilines is 1. The third-order valence-electron chi connectivity index (χ3n) is 2.81. The highest BCUT2D eigenvalue weighted by Crippen LogP contribution is 2.17. The van der Waals surface area contributed by atoms with Crippen molar-refractivity contribution in [2.24, 2.45) is 0 Å². The second kappa shape index (κ2) is 5.83. The summed E-state index contributed by atoms with van der Waals surface area (Å²) in [6.07, 6.45) is 0. The van der Waals surface area contributed by atoms with E-state index < -0.39 is 0 Å². The fourth-order valence-electron chi connectivity index (χ4n) is 1.37. The van der Waals surface area contributed by atoms with Gasteiger partial charge >= 0.3 is 5.97 Å². The fraction of sp³-hybridized carbons (Fsp3) is 0.308. The molecule has 1 aromatic carbocycles. The van der Waals surface area contributed by atoms with Crippen LogP contribution in [0.2, 0.25) is 0 Å². The molecule has 1 atom stereocenters. The molecule has 3 nitrogen and oxygen atoms in total. The minimum absolute atomic E-state index is 0.344. The Morgan fingerprint density at radius 2 is 1.88 bits per heavy atom. The minimum atomic E-state index is -0.344. The number of aryl methyl sites for hydroxylation is 2. The van der Waals surface area contributed by atoms with E-state index >= 15 is 0 Å². The first-order valence-corrected chi connectivity index (χ1v) is 5.85. The molecule has 0 bridgehead atoms. The Bertz CT molecular complexity index is 466. The lowest BCUT2D eigenvalue weighted by Crippen LogP contribution is -2.06. The molecule has 0 spiro atoms. The fourth-order valence-corrected chi connectivity index (χ4v) is 1.55. The van der Waals surface area contributed by atoms with E-state index in [1.807, 2.05) is 28.5 Å². The van der Waals surface area contributed by atoms with Crippen molar-refractivity contribution in [3.05, 3.63) is 40.6 Å². The number of carbonyl (C=O) groups is 1. The van der Waals surface area contributed by atoms with Gasteiger partial charge in [0.05, 0.1) is 15.0 Å². The summed E-state index contributed by atoms with van der Waals surface area (Å²) >= 11 is 0. The maximum absolute atomic E-state index is 11.3. The molecular weight excluding hydrogens is 233 g/mol. The Morgan fingerprint density at radius 3 is 2.41 bits per heavy atom. The van der Waals surface area contributed by atoms with Crippen molar-refractivity contribution in [3.8, 4) is 0 Å². The van der Waals surface area contributed by atoms with Crippen LogP contribution < -0.4 is 5.32 Å². The van der Waals surface area contributed by atoms with Crippen molar-refractivity contribution in [3.63, 3.8) is 0 Å². The van der Waals surface area contributed by atoms with E-state index in [0.717, 1.165) is 11.4 Å². The van der Waals surface area contributed by atoms with E-state index in [-0.39, 0.29) is 5.97 Å². The van der Waals surface area contributed by atoms with Gasteiger partial charge in [-0.1, -0.05) is 6.07 Å². The van der Waals surface area contributed by atoms with Crippen molar-refractivity contribution in [2.75, 3.05) is 5.32 Å². The van der Waals surface area contributed by atoms with Gasteiger partial charge in [0.25, 0.3) is 0 Å². The first-order chi connectivity index (χ1) is 7.95. The zero-order valence-corrected chi connectivity index (χ0v) is 11.8. The van der Waals surface area contributed by atoms with Gasteiger partial charge in [-0.15, -0.1) is 0 Å². The maximum Gasteiger partial charge on any atom is 0.337 e. The predicted molar refractivity (Wildman–Crippen MR) is 73.7 cm³/mol. The van der Waals surface area contributed by atoms with Crippen molar-refractivity contribution in [1.29, 1.82) is 0 Å². The predicted octanol–water partition coefficient (Wildman–Crippen LogP) is 3.34. The topological polar surface area (TPSA) is 38.3 Å². The average Bonchev–Trinajstić information content (AvgIpc) is 2.31. The van der Waals surface area contributed by atoms with Crippen LogP contribution >= 0.6 is 9.47 Å². The molecule has 0 aliphatic carbocycles. The quantitative estimate of drug-likeness (QED) is 0.661. The lowest BCUT2D eigenvalue weighted by molar-refractivity contribution is -0.129. The molecule has 0 saturated carbocycles. The van der Waals surface area contributed by atoms with E-state index in [1.54, 1.807) is 6.92 Å². The van der Waals surface area contributed by atoms with Crippen LogP contribution in [-0.2, 0) is 9.32 Å². The summed E-state index contributed by atoms with van der Waals surface area (Å²) in [4.78, 5) is 11.3. The Morgan fingerprint density at radius 1 is 1.24 bits per heavy atom. The molecule has 1 aromatic rings. The molecule has 0 aliphatic rings. The van der Waals surface area contributed by atoms with Crippen molar-refractivity contribution in [2.45, 2.75) is 27.7 Å². The van der Waals surface area contributed by atoms with Crippen molar-refractivity contribution < 1.29 is 9.32 Å². The van der Waals surface area contributed by atoms with E-state index in [4.69, 9.17) is 0 Å². The number of hydrogen-bond donors (Lipinski definition) is 1. The Hall–Kier alpha value is -1.34. The van der Waals surface area contributed by atoms with E-state index in [2.05, 4.69) is 29.8 Å². The van der Waals surface area contributed by atoms with E-state index in [1.165, 1.54) is 11.1 Å². The molecule has 1 rings (SSSR count). The summed E-state index contributed by atoms with van der Waals surface area (Å²) in [5, 5.41) is 3.19. The minimum Gasteiger partial charge on any atom is -0.448 e. The molecule has 0 aromatic heterocycles. The molecule has 0 aliphatic heterocycles. The van der Waals surface area contributed by atoms with Crippen molar-refractivity contribution in [1.82, 2.24) is 0 Å². The molecule has 1 unspecified atom stereocenters. The monoisotopic (exact) mass is 251 g/mol. The van der Waals surface area contributed by atoms with Gasteiger partial charge in [-0.25, -0.2) is 4.79 Å². The largest absolute Gasteiger partial charge is 0.448 e. The second-order valence-electron chi connectivity index (χ2n) is 4.08. The lowest BCUT2D eigenvalue weighted by atomic mass is 10.1. The van der Waals surface area contributed by atoms with Crippen LogP contribution in [0.25, 0.3) is 0 Å². The summed E-state index contributed by atoms with van der Waals surface area (Å²) in [7, 11) is 1.96. The summed E-state index contributed by atoms with van der Waals surface area (Å²) in [6.45, 7) is 7.71. The summed E-state index contributed by atoms with van der Waals surface area (Å²) in [6, 6.07) is 6.09. The van der Waals surface area contributed by atoms with Gasteiger partial charge in [0.2, 0.25) is 0 Å².